The lowest BCUT2D eigenvalue weighted by Gasteiger charge is -2.14. The molecule has 0 bridgehead atoms. The minimum Gasteiger partial charge on any atom is -0.380 e. The van der Waals surface area contributed by atoms with Crippen molar-refractivity contribution in [2.24, 2.45) is 0 Å². The van der Waals surface area contributed by atoms with Crippen LogP contribution >= 0.6 is 0 Å². The molecule has 2 aromatic rings. The van der Waals surface area contributed by atoms with Crippen LogP contribution in [0.15, 0.2) is 48.5 Å². The molecule has 2 aromatic carbocycles. The van der Waals surface area contributed by atoms with E-state index in [2.05, 4.69) is 5.32 Å². The third-order valence-electron chi connectivity index (χ3n) is 3.02. The van der Waals surface area contributed by atoms with E-state index in [0.717, 1.165) is 17.2 Å². The highest BCUT2D eigenvalue weighted by atomic mass is 19.4. The number of benzene rings is 2. The normalized spacial score (nSPS) is 11.4. The second kappa shape index (κ2) is 6.63. The van der Waals surface area contributed by atoms with Gasteiger partial charge in [0.25, 0.3) is 0 Å². The zero-order chi connectivity index (χ0) is 15.3. The number of anilines is 1. The van der Waals surface area contributed by atoms with Gasteiger partial charge >= 0.3 is 6.18 Å². The van der Waals surface area contributed by atoms with E-state index >= 15 is 0 Å². The zero-order valence-corrected chi connectivity index (χ0v) is 11.6. The van der Waals surface area contributed by atoms with Gasteiger partial charge in [0, 0.05) is 19.3 Å². The summed E-state index contributed by atoms with van der Waals surface area (Å²) in [6.07, 6.45) is -4.36. The summed E-state index contributed by atoms with van der Waals surface area (Å²) in [5.41, 5.74) is 1.32. The minimum absolute atomic E-state index is 0.0853. The van der Waals surface area contributed by atoms with Crippen molar-refractivity contribution in [2.45, 2.75) is 19.3 Å². The highest BCUT2D eigenvalue weighted by Crippen LogP contribution is 2.34. The maximum Gasteiger partial charge on any atom is 0.418 e. The molecule has 2 nitrogen and oxygen atoms in total. The molecule has 0 fully saturated rings. The van der Waals surface area contributed by atoms with Gasteiger partial charge in [0.05, 0.1) is 12.2 Å². The summed E-state index contributed by atoms with van der Waals surface area (Å²) >= 11 is 0. The van der Waals surface area contributed by atoms with E-state index in [1.54, 1.807) is 13.2 Å². The number of halogens is 3. The van der Waals surface area contributed by atoms with Crippen LogP contribution < -0.4 is 5.32 Å². The lowest BCUT2D eigenvalue weighted by molar-refractivity contribution is -0.136. The summed E-state index contributed by atoms with van der Waals surface area (Å²) < 4.78 is 43.7. The third kappa shape index (κ3) is 4.23. The predicted octanol–water partition coefficient (Wildman–Crippen LogP) is 4.46. The van der Waals surface area contributed by atoms with E-state index in [0.29, 0.717) is 13.2 Å². The molecule has 0 aromatic heterocycles. The quantitative estimate of drug-likeness (QED) is 0.879. The van der Waals surface area contributed by atoms with Crippen LogP contribution in [0.25, 0.3) is 0 Å². The molecule has 0 saturated heterocycles. The van der Waals surface area contributed by atoms with Crippen LogP contribution in [0.1, 0.15) is 16.7 Å². The Morgan fingerprint density at radius 2 is 1.71 bits per heavy atom. The van der Waals surface area contributed by atoms with Gasteiger partial charge in [0.2, 0.25) is 0 Å². The molecule has 0 spiro atoms. The molecule has 0 aliphatic rings. The Hall–Kier alpha value is -2.01. The maximum atomic E-state index is 12.9. The molecule has 5 heteroatoms. The molecule has 0 saturated carbocycles. The van der Waals surface area contributed by atoms with Gasteiger partial charge in [0.1, 0.15) is 0 Å². The Bertz CT molecular complexity index is 596. The molecule has 0 heterocycles. The summed E-state index contributed by atoms with van der Waals surface area (Å²) in [4.78, 5) is 0. The molecular formula is C16H16F3NO. The first-order valence-electron chi connectivity index (χ1n) is 6.47. The number of ether oxygens (including phenoxy) is 1. The van der Waals surface area contributed by atoms with E-state index in [4.69, 9.17) is 4.74 Å². The van der Waals surface area contributed by atoms with Crippen LogP contribution in [0.4, 0.5) is 18.9 Å². The summed E-state index contributed by atoms with van der Waals surface area (Å²) in [7, 11) is 1.60. The SMILES string of the molecule is COCc1cccc(CNc2ccccc2C(F)(F)F)c1. The number of rotatable bonds is 5. The monoisotopic (exact) mass is 295 g/mol. The molecule has 0 amide bonds. The highest BCUT2D eigenvalue weighted by molar-refractivity contribution is 5.52. The van der Waals surface area contributed by atoms with Gasteiger partial charge in [-0.05, 0) is 23.3 Å². The van der Waals surface area contributed by atoms with Crippen molar-refractivity contribution < 1.29 is 17.9 Å². The Morgan fingerprint density at radius 3 is 2.43 bits per heavy atom. The van der Waals surface area contributed by atoms with Gasteiger partial charge in [-0.15, -0.1) is 0 Å². The summed E-state index contributed by atoms with van der Waals surface area (Å²) in [6.45, 7) is 0.803. The first kappa shape index (κ1) is 15.4. The van der Waals surface area contributed by atoms with Crippen molar-refractivity contribution in [1.29, 1.82) is 0 Å². The smallest absolute Gasteiger partial charge is 0.380 e. The second-order valence-electron chi connectivity index (χ2n) is 4.65. The Kier molecular flexibility index (Phi) is 4.85. The molecule has 0 atom stereocenters. The number of hydrogen-bond donors (Lipinski definition) is 1. The van der Waals surface area contributed by atoms with Crippen molar-refractivity contribution in [3.63, 3.8) is 0 Å². The number of nitrogens with one attached hydrogen (secondary N) is 1. The fourth-order valence-electron chi connectivity index (χ4n) is 2.08. The van der Waals surface area contributed by atoms with E-state index in [9.17, 15) is 13.2 Å². The van der Waals surface area contributed by atoms with Crippen molar-refractivity contribution in [2.75, 3.05) is 12.4 Å². The number of hydrogen-bond acceptors (Lipinski definition) is 2. The van der Waals surface area contributed by atoms with Crippen LogP contribution in [0.2, 0.25) is 0 Å². The van der Waals surface area contributed by atoms with Gasteiger partial charge in [0.15, 0.2) is 0 Å². The molecule has 0 unspecified atom stereocenters. The van der Waals surface area contributed by atoms with Crippen molar-refractivity contribution >= 4 is 5.69 Å². The van der Waals surface area contributed by atoms with Gasteiger partial charge in [-0.3, -0.25) is 0 Å². The predicted molar refractivity (Wildman–Crippen MR) is 75.9 cm³/mol. The molecule has 0 aliphatic carbocycles. The molecule has 0 aliphatic heterocycles. The number of methoxy groups -OCH3 is 1. The number of para-hydroxylation sites is 1. The van der Waals surface area contributed by atoms with Crippen LogP contribution in [-0.2, 0) is 24.1 Å². The van der Waals surface area contributed by atoms with Gasteiger partial charge in [-0.1, -0.05) is 36.4 Å². The van der Waals surface area contributed by atoms with Crippen molar-refractivity contribution in [1.82, 2.24) is 0 Å². The Labute approximate surface area is 121 Å². The first-order chi connectivity index (χ1) is 10.0. The highest BCUT2D eigenvalue weighted by Gasteiger charge is 2.32. The molecule has 0 radical (unpaired) electrons. The summed E-state index contributed by atoms with van der Waals surface area (Å²) in [5, 5.41) is 2.84. The Morgan fingerprint density at radius 1 is 1.00 bits per heavy atom. The fraction of sp³-hybridized carbons (Fsp3) is 0.250. The van der Waals surface area contributed by atoms with E-state index < -0.39 is 11.7 Å². The standard InChI is InChI=1S/C16H16F3NO/c1-21-11-13-6-4-5-12(9-13)10-20-15-8-3-2-7-14(15)16(17,18)19/h2-9,20H,10-11H2,1H3. The van der Waals surface area contributed by atoms with Crippen LogP contribution in [0.5, 0.6) is 0 Å². The molecular weight excluding hydrogens is 279 g/mol. The fourth-order valence-corrected chi connectivity index (χ4v) is 2.08. The summed E-state index contributed by atoms with van der Waals surface area (Å²) in [6, 6.07) is 13.0. The van der Waals surface area contributed by atoms with Crippen LogP contribution in [0, 0.1) is 0 Å². The lowest BCUT2D eigenvalue weighted by atomic mass is 10.1. The van der Waals surface area contributed by atoms with Crippen LogP contribution in [0.3, 0.4) is 0 Å². The van der Waals surface area contributed by atoms with Crippen molar-refractivity contribution in [3.05, 3.63) is 65.2 Å². The maximum absolute atomic E-state index is 12.9. The summed E-state index contributed by atoms with van der Waals surface area (Å²) in [5.74, 6) is 0. The van der Waals surface area contributed by atoms with Gasteiger partial charge < -0.3 is 10.1 Å². The van der Waals surface area contributed by atoms with E-state index in [1.807, 2.05) is 24.3 Å². The van der Waals surface area contributed by atoms with Crippen molar-refractivity contribution in [3.8, 4) is 0 Å². The van der Waals surface area contributed by atoms with Gasteiger partial charge in [-0.2, -0.15) is 13.2 Å². The average molecular weight is 295 g/mol. The first-order valence-corrected chi connectivity index (χ1v) is 6.47. The molecule has 21 heavy (non-hydrogen) atoms. The minimum atomic E-state index is -4.36. The number of alkyl halides is 3. The third-order valence-corrected chi connectivity index (χ3v) is 3.02. The molecule has 112 valence electrons. The second-order valence-corrected chi connectivity index (χ2v) is 4.65. The van der Waals surface area contributed by atoms with E-state index in [1.165, 1.54) is 12.1 Å². The van der Waals surface area contributed by atoms with Gasteiger partial charge in [-0.25, -0.2) is 0 Å². The molecule has 1 N–H and O–H groups in total. The Balaban J connectivity index is 2.12. The van der Waals surface area contributed by atoms with Crippen LogP contribution in [-0.4, -0.2) is 7.11 Å². The lowest BCUT2D eigenvalue weighted by Crippen LogP contribution is -2.10. The topological polar surface area (TPSA) is 21.3 Å². The molecule has 2 rings (SSSR count). The zero-order valence-electron chi connectivity index (χ0n) is 11.6. The largest absolute Gasteiger partial charge is 0.418 e. The van der Waals surface area contributed by atoms with E-state index in [-0.39, 0.29) is 5.69 Å². The average Bonchev–Trinajstić information content (AvgIpc) is 2.45.